The van der Waals surface area contributed by atoms with Gasteiger partial charge >= 0.3 is 0 Å². The van der Waals surface area contributed by atoms with Crippen molar-refractivity contribution in [2.45, 2.75) is 33.2 Å². The Morgan fingerprint density at radius 1 is 1.29 bits per heavy atom. The van der Waals surface area contributed by atoms with Crippen LogP contribution >= 0.6 is 0 Å². The Balaban J connectivity index is 2.92. The van der Waals surface area contributed by atoms with Crippen LogP contribution in [0.5, 0.6) is 0 Å². The van der Waals surface area contributed by atoms with Crippen LogP contribution in [0, 0.1) is 13.8 Å². The van der Waals surface area contributed by atoms with Gasteiger partial charge in [-0.05, 0) is 44.9 Å². The van der Waals surface area contributed by atoms with Gasteiger partial charge in [-0.2, -0.15) is 0 Å². The van der Waals surface area contributed by atoms with Crippen molar-refractivity contribution in [3.05, 3.63) is 29.3 Å². The molecule has 0 bridgehead atoms. The molecule has 2 N–H and O–H groups in total. The molecular weight excluding hydrogens is 174 g/mol. The van der Waals surface area contributed by atoms with E-state index in [4.69, 9.17) is 5.11 Å². The Morgan fingerprint density at radius 3 is 2.50 bits per heavy atom. The molecule has 0 unspecified atom stereocenters. The Hall–Kier alpha value is -1.02. The van der Waals surface area contributed by atoms with Gasteiger partial charge in [0, 0.05) is 5.69 Å². The number of nitrogens with one attached hydrogen (secondary N) is 1. The highest BCUT2D eigenvalue weighted by atomic mass is 16.3. The van der Waals surface area contributed by atoms with E-state index in [0.29, 0.717) is 0 Å². The molecule has 78 valence electrons. The van der Waals surface area contributed by atoms with Crippen LogP contribution in [-0.2, 0) is 0 Å². The van der Waals surface area contributed by atoms with Gasteiger partial charge < -0.3 is 10.4 Å². The van der Waals surface area contributed by atoms with E-state index in [9.17, 15) is 0 Å². The summed E-state index contributed by atoms with van der Waals surface area (Å²) in [6, 6.07) is 6.16. The summed E-state index contributed by atoms with van der Waals surface area (Å²) in [5, 5.41) is 12.5. The van der Waals surface area contributed by atoms with Gasteiger partial charge in [-0.1, -0.05) is 12.1 Å². The van der Waals surface area contributed by atoms with Gasteiger partial charge in [0.2, 0.25) is 0 Å². The third-order valence-electron chi connectivity index (χ3n) is 2.47. The van der Waals surface area contributed by atoms with Gasteiger partial charge in [-0.25, -0.2) is 0 Å². The number of anilines is 1. The lowest BCUT2D eigenvalue weighted by molar-refractivity contribution is 0.234. The largest absolute Gasteiger partial charge is 0.394 e. The minimum Gasteiger partial charge on any atom is -0.394 e. The van der Waals surface area contributed by atoms with E-state index in [0.717, 1.165) is 5.69 Å². The minimum atomic E-state index is -0.265. The van der Waals surface area contributed by atoms with Crippen molar-refractivity contribution in [3.63, 3.8) is 0 Å². The first-order chi connectivity index (χ1) is 6.46. The smallest absolute Gasteiger partial charge is 0.0656 e. The standard InChI is InChI=1S/C12H19NO/c1-9-6-5-7-11(10(9)2)13-12(3,4)8-14/h5-7,13-14H,8H2,1-4H3. The number of aliphatic hydroxyl groups is 1. The van der Waals surface area contributed by atoms with E-state index >= 15 is 0 Å². The molecule has 0 aliphatic rings. The number of aryl methyl sites for hydroxylation is 1. The molecule has 2 nitrogen and oxygen atoms in total. The molecule has 0 radical (unpaired) electrons. The fraction of sp³-hybridized carbons (Fsp3) is 0.500. The first-order valence-electron chi connectivity index (χ1n) is 4.91. The summed E-state index contributed by atoms with van der Waals surface area (Å²) in [4.78, 5) is 0. The van der Waals surface area contributed by atoms with Crippen molar-refractivity contribution in [1.29, 1.82) is 0 Å². The van der Waals surface area contributed by atoms with E-state index in [1.165, 1.54) is 11.1 Å². The summed E-state index contributed by atoms with van der Waals surface area (Å²) in [6.45, 7) is 8.27. The average Bonchev–Trinajstić information content (AvgIpc) is 2.13. The van der Waals surface area contributed by atoms with Gasteiger partial charge in [0.05, 0.1) is 12.1 Å². The first-order valence-corrected chi connectivity index (χ1v) is 4.91. The van der Waals surface area contributed by atoms with Crippen LogP contribution in [0.3, 0.4) is 0 Å². The maximum absolute atomic E-state index is 9.15. The van der Waals surface area contributed by atoms with Crippen LogP contribution in [0.4, 0.5) is 5.69 Å². The molecule has 0 aliphatic heterocycles. The average molecular weight is 193 g/mol. The van der Waals surface area contributed by atoms with Crippen molar-refractivity contribution >= 4 is 5.69 Å². The highest BCUT2D eigenvalue weighted by molar-refractivity contribution is 5.55. The normalized spacial score (nSPS) is 11.5. The predicted molar refractivity (Wildman–Crippen MR) is 60.7 cm³/mol. The third-order valence-corrected chi connectivity index (χ3v) is 2.47. The van der Waals surface area contributed by atoms with E-state index in [2.05, 4.69) is 25.2 Å². The summed E-state index contributed by atoms with van der Waals surface area (Å²) in [5.74, 6) is 0. The van der Waals surface area contributed by atoms with Gasteiger partial charge in [-0.3, -0.25) is 0 Å². The predicted octanol–water partition coefficient (Wildman–Crippen LogP) is 2.49. The maximum Gasteiger partial charge on any atom is 0.0656 e. The monoisotopic (exact) mass is 193 g/mol. The zero-order valence-corrected chi connectivity index (χ0v) is 9.39. The summed E-state index contributed by atoms with van der Waals surface area (Å²) in [6.07, 6.45) is 0. The number of hydrogen-bond acceptors (Lipinski definition) is 2. The molecular formula is C12H19NO. The molecule has 1 rings (SSSR count). The highest BCUT2D eigenvalue weighted by Crippen LogP contribution is 2.21. The molecule has 0 aliphatic carbocycles. The van der Waals surface area contributed by atoms with Crippen LogP contribution in [0.15, 0.2) is 18.2 Å². The Kier molecular flexibility index (Phi) is 3.17. The second-order valence-corrected chi connectivity index (χ2v) is 4.41. The van der Waals surface area contributed by atoms with Crippen molar-refractivity contribution in [3.8, 4) is 0 Å². The lowest BCUT2D eigenvalue weighted by atomic mass is 10.0. The summed E-state index contributed by atoms with van der Waals surface area (Å²) < 4.78 is 0. The van der Waals surface area contributed by atoms with E-state index in [-0.39, 0.29) is 12.1 Å². The van der Waals surface area contributed by atoms with Crippen molar-refractivity contribution in [2.24, 2.45) is 0 Å². The molecule has 0 fully saturated rings. The molecule has 0 aromatic heterocycles. The molecule has 0 spiro atoms. The van der Waals surface area contributed by atoms with Crippen molar-refractivity contribution in [1.82, 2.24) is 0 Å². The zero-order chi connectivity index (χ0) is 10.8. The maximum atomic E-state index is 9.15. The molecule has 0 amide bonds. The molecule has 1 aromatic carbocycles. The zero-order valence-electron chi connectivity index (χ0n) is 9.39. The first kappa shape index (κ1) is 11.1. The Bertz CT molecular complexity index is 318. The lowest BCUT2D eigenvalue weighted by Crippen LogP contribution is -2.35. The number of rotatable bonds is 3. The topological polar surface area (TPSA) is 32.3 Å². The second kappa shape index (κ2) is 4.01. The molecule has 2 heteroatoms. The molecule has 0 saturated heterocycles. The number of benzene rings is 1. The third kappa shape index (κ3) is 2.48. The quantitative estimate of drug-likeness (QED) is 0.773. The number of aliphatic hydroxyl groups excluding tert-OH is 1. The Labute approximate surface area is 86.0 Å². The lowest BCUT2D eigenvalue weighted by Gasteiger charge is -2.26. The van der Waals surface area contributed by atoms with Crippen molar-refractivity contribution in [2.75, 3.05) is 11.9 Å². The minimum absolute atomic E-state index is 0.125. The summed E-state index contributed by atoms with van der Waals surface area (Å²) in [7, 11) is 0. The fourth-order valence-electron chi connectivity index (χ4n) is 1.29. The van der Waals surface area contributed by atoms with Crippen LogP contribution < -0.4 is 5.32 Å². The van der Waals surface area contributed by atoms with Gasteiger partial charge in [0.1, 0.15) is 0 Å². The molecule has 0 saturated carbocycles. The van der Waals surface area contributed by atoms with E-state index in [1.54, 1.807) is 0 Å². The Morgan fingerprint density at radius 2 is 1.93 bits per heavy atom. The van der Waals surface area contributed by atoms with Gasteiger partial charge in [0.25, 0.3) is 0 Å². The van der Waals surface area contributed by atoms with Crippen LogP contribution in [0.25, 0.3) is 0 Å². The second-order valence-electron chi connectivity index (χ2n) is 4.41. The summed E-state index contributed by atoms with van der Waals surface area (Å²) >= 11 is 0. The van der Waals surface area contributed by atoms with Crippen molar-refractivity contribution < 1.29 is 5.11 Å². The summed E-state index contributed by atoms with van der Waals surface area (Å²) in [5.41, 5.74) is 3.35. The van der Waals surface area contributed by atoms with E-state index in [1.807, 2.05) is 26.0 Å². The molecule has 0 heterocycles. The van der Waals surface area contributed by atoms with Crippen LogP contribution in [0.2, 0.25) is 0 Å². The fourth-order valence-corrected chi connectivity index (χ4v) is 1.29. The number of hydrogen-bond donors (Lipinski definition) is 2. The van der Waals surface area contributed by atoms with E-state index < -0.39 is 0 Å². The van der Waals surface area contributed by atoms with Gasteiger partial charge in [0.15, 0.2) is 0 Å². The molecule has 14 heavy (non-hydrogen) atoms. The van der Waals surface area contributed by atoms with Crippen LogP contribution in [-0.4, -0.2) is 17.3 Å². The molecule has 0 atom stereocenters. The molecule has 1 aromatic rings. The van der Waals surface area contributed by atoms with Gasteiger partial charge in [-0.15, -0.1) is 0 Å². The highest BCUT2D eigenvalue weighted by Gasteiger charge is 2.16. The van der Waals surface area contributed by atoms with Crippen LogP contribution in [0.1, 0.15) is 25.0 Å². The SMILES string of the molecule is Cc1cccc(NC(C)(C)CO)c1C.